The third-order valence-corrected chi connectivity index (χ3v) is 5.15. The smallest absolute Gasteiger partial charge is 0.219 e. The first-order valence-corrected chi connectivity index (χ1v) is 9.84. The van der Waals surface area contributed by atoms with Crippen molar-refractivity contribution in [3.63, 3.8) is 0 Å². The van der Waals surface area contributed by atoms with Crippen molar-refractivity contribution < 1.29 is 5.11 Å². The normalized spacial score (nSPS) is 10.9. The largest absolute Gasteiger partial charge is 0.493 e. The number of aromatic nitrogens is 3. The van der Waals surface area contributed by atoms with Crippen molar-refractivity contribution in [1.82, 2.24) is 14.6 Å². The van der Waals surface area contributed by atoms with Crippen LogP contribution in [0.25, 0.3) is 16.8 Å². The van der Waals surface area contributed by atoms with Gasteiger partial charge in [-0.15, -0.1) is 0 Å². The Morgan fingerprint density at radius 3 is 2.62 bits per heavy atom. The summed E-state index contributed by atoms with van der Waals surface area (Å²) in [6.07, 6.45) is 5.15. The van der Waals surface area contributed by atoms with Crippen LogP contribution in [0.4, 0.5) is 0 Å². The quantitative estimate of drug-likeness (QED) is 0.514. The van der Waals surface area contributed by atoms with Crippen LogP contribution in [0.1, 0.15) is 42.1 Å². The average molecular weight is 382 g/mol. The van der Waals surface area contributed by atoms with E-state index >= 15 is 0 Å². The van der Waals surface area contributed by atoms with Crippen molar-refractivity contribution in [2.24, 2.45) is 0 Å². The minimum absolute atomic E-state index is 0.157. The van der Waals surface area contributed by atoms with Crippen LogP contribution in [0.2, 0.25) is 0 Å². The Balaban J connectivity index is 1.68. The number of rotatable bonds is 6. The van der Waals surface area contributed by atoms with E-state index in [4.69, 9.17) is 4.98 Å². The molecule has 0 aliphatic carbocycles. The highest BCUT2D eigenvalue weighted by Gasteiger charge is 2.16. The molecule has 0 atom stereocenters. The molecule has 2 aromatic carbocycles. The Morgan fingerprint density at radius 2 is 1.86 bits per heavy atom. The fraction of sp³-hybridized carbons (Fsp3) is 0.208. The van der Waals surface area contributed by atoms with Gasteiger partial charge in [0.05, 0.1) is 23.5 Å². The van der Waals surface area contributed by atoms with Crippen LogP contribution in [0.3, 0.4) is 0 Å². The predicted molar refractivity (Wildman–Crippen MR) is 113 cm³/mol. The molecule has 0 aliphatic rings. The fourth-order valence-corrected chi connectivity index (χ4v) is 3.58. The lowest BCUT2D eigenvalue weighted by atomic mass is 9.96. The van der Waals surface area contributed by atoms with Crippen LogP contribution in [-0.2, 0) is 12.8 Å². The van der Waals surface area contributed by atoms with Crippen LogP contribution in [-0.4, -0.2) is 19.7 Å². The summed E-state index contributed by atoms with van der Waals surface area (Å²) in [5.74, 6) is 0.157. The van der Waals surface area contributed by atoms with Gasteiger partial charge in [-0.05, 0) is 35.6 Å². The van der Waals surface area contributed by atoms with Gasteiger partial charge in [-0.2, -0.15) is 14.9 Å². The van der Waals surface area contributed by atoms with Crippen LogP contribution in [0.5, 0.6) is 5.88 Å². The van der Waals surface area contributed by atoms with E-state index < -0.39 is 0 Å². The Kier molecular flexibility index (Phi) is 5.26. The molecule has 0 aliphatic heterocycles. The Labute approximate surface area is 169 Å². The molecule has 0 spiro atoms. The van der Waals surface area contributed by atoms with E-state index in [2.05, 4.69) is 18.1 Å². The first-order chi connectivity index (χ1) is 14.2. The van der Waals surface area contributed by atoms with Crippen molar-refractivity contribution in [1.29, 1.82) is 5.26 Å². The molecule has 4 aromatic rings. The number of nitriles is 1. The molecule has 0 radical (unpaired) electrons. The molecule has 2 heterocycles. The summed E-state index contributed by atoms with van der Waals surface area (Å²) < 4.78 is 1.49. The second-order valence-electron chi connectivity index (χ2n) is 7.10. The number of aromatic hydroxyl groups is 1. The summed E-state index contributed by atoms with van der Waals surface area (Å²) >= 11 is 0. The number of fused-ring (bicyclic) bond motifs is 1. The molecule has 2 aromatic heterocycles. The molecule has 0 saturated heterocycles. The number of hydrogen-bond acceptors (Lipinski definition) is 4. The zero-order chi connectivity index (χ0) is 20.2. The van der Waals surface area contributed by atoms with E-state index in [0.29, 0.717) is 17.6 Å². The second-order valence-corrected chi connectivity index (χ2v) is 7.10. The molecule has 5 heteroatoms. The van der Waals surface area contributed by atoms with Gasteiger partial charge in [0, 0.05) is 18.1 Å². The van der Waals surface area contributed by atoms with Gasteiger partial charge in [0.2, 0.25) is 5.88 Å². The van der Waals surface area contributed by atoms with E-state index in [1.165, 1.54) is 4.52 Å². The number of nitrogens with zero attached hydrogens (tertiary/aromatic N) is 4. The summed E-state index contributed by atoms with van der Waals surface area (Å²) in [5.41, 5.74) is 6.07. The molecule has 5 nitrogen and oxygen atoms in total. The maximum atomic E-state index is 10.8. The lowest BCUT2D eigenvalue weighted by Gasteiger charge is -2.13. The van der Waals surface area contributed by atoms with Crippen LogP contribution < -0.4 is 0 Å². The molecule has 144 valence electrons. The van der Waals surface area contributed by atoms with Gasteiger partial charge < -0.3 is 5.11 Å². The number of unbranched alkanes of at least 4 members (excludes halogenated alkanes) is 1. The molecule has 0 fully saturated rings. The standard InChI is InChI=1S/C24H22N4O/c1-2-3-8-22-21(24(29)28-23(27-22)13-14-26-28)15-17-9-11-18(12-10-17)20-7-5-4-6-19(20)16-25/h4-7,9-14,29H,2-3,8,15H2,1H3. The van der Waals surface area contributed by atoms with Crippen molar-refractivity contribution >= 4 is 5.65 Å². The Morgan fingerprint density at radius 1 is 1.07 bits per heavy atom. The first-order valence-electron chi connectivity index (χ1n) is 9.84. The molecule has 29 heavy (non-hydrogen) atoms. The highest BCUT2D eigenvalue weighted by atomic mass is 16.3. The summed E-state index contributed by atoms with van der Waals surface area (Å²) in [5, 5.41) is 24.3. The molecular weight excluding hydrogens is 360 g/mol. The predicted octanol–water partition coefficient (Wildman–Crippen LogP) is 4.91. The fourth-order valence-electron chi connectivity index (χ4n) is 3.58. The zero-order valence-corrected chi connectivity index (χ0v) is 16.3. The van der Waals surface area contributed by atoms with Gasteiger partial charge in [-0.25, -0.2) is 4.98 Å². The van der Waals surface area contributed by atoms with Crippen molar-refractivity contribution in [2.45, 2.75) is 32.6 Å². The maximum Gasteiger partial charge on any atom is 0.219 e. The van der Waals surface area contributed by atoms with Crippen molar-refractivity contribution in [3.8, 4) is 23.1 Å². The van der Waals surface area contributed by atoms with E-state index in [1.54, 1.807) is 12.3 Å². The Bertz CT molecular complexity index is 1190. The third-order valence-electron chi connectivity index (χ3n) is 5.15. The van der Waals surface area contributed by atoms with E-state index in [0.717, 1.165) is 47.2 Å². The summed E-state index contributed by atoms with van der Waals surface area (Å²) in [7, 11) is 0. The SMILES string of the molecule is CCCCc1nc2ccnn2c(O)c1Cc1ccc(-c2ccccc2C#N)cc1. The minimum atomic E-state index is 0.157. The molecule has 0 saturated carbocycles. The molecule has 0 amide bonds. The van der Waals surface area contributed by atoms with Gasteiger partial charge in [0.25, 0.3) is 0 Å². The molecule has 4 rings (SSSR count). The first kappa shape index (κ1) is 18.7. The Hall–Kier alpha value is -3.65. The minimum Gasteiger partial charge on any atom is -0.493 e. The van der Waals surface area contributed by atoms with E-state index in [-0.39, 0.29) is 5.88 Å². The number of benzene rings is 2. The maximum absolute atomic E-state index is 10.8. The lowest BCUT2D eigenvalue weighted by Crippen LogP contribution is -2.05. The van der Waals surface area contributed by atoms with Gasteiger partial charge >= 0.3 is 0 Å². The molecule has 0 unspecified atom stereocenters. The lowest BCUT2D eigenvalue weighted by molar-refractivity contribution is 0.427. The van der Waals surface area contributed by atoms with Crippen LogP contribution in [0.15, 0.2) is 60.8 Å². The second kappa shape index (κ2) is 8.15. The van der Waals surface area contributed by atoms with Crippen LogP contribution >= 0.6 is 0 Å². The summed E-state index contributed by atoms with van der Waals surface area (Å²) in [4.78, 5) is 4.72. The van der Waals surface area contributed by atoms with Gasteiger partial charge in [0.15, 0.2) is 5.65 Å². The monoisotopic (exact) mass is 382 g/mol. The van der Waals surface area contributed by atoms with Gasteiger partial charge in [-0.1, -0.05) is 55.8 Å². The number of hydrogen-bond donors (Lipinski definition) is 1. The number of aryl methyl sites for hydroxylation is 1. The molecular formula is C24H22N4O. The summed E-state index contributed by atoms with van der Waals surface area (Å²) in [6, 6.07) is 19.8. The topological polar surface area (TPSA) is 74.2 Å². The van der Waals surface area contributed by atoms with Crippen molar-refractivity contribution in [3.05, 3.63) is 83.2 Å². The van der Waals surface area contributed by atoms with Crippen LogP contribution in [0, 0.1) is 11.3 Å². The average Bonchev–Trinajstić information content (AvgIpc) is 3.24. The molecule has 0 bridgehead atoms. The highest BCUT2D eigenvalue weighted by Crippen LogP contribution is 2.28. The zero-order valence-electron chi connectivity index (χ0n) is 16.3. The highest BCUT2D eigenvalue weighted by molar-refractivity contribution is 5.70. The van der Waals surface area contributed by atoms with Crippen molar-refractivity contribution in [2.75, 3.05) is 0 Å². The van der Waals surface area contributed by atoms with E-state index in [1.807, 2.05) is 48.5 Å². The molecule has 1 N–H and O–H groups in total. The van der Waals surface area contributed by atoms with Gasteiger partial charge in [0.1, 0.15) is 0 Å². The summed E-state index contributed by atoms with van der Waals surface area (Å²) in [6.45, 7) is 2.15. The van der Waals surface area contributed by atoms with E-state index in [9.17, 15) is 10.4 Å². The third kappa shape index (κ3) is 3.70. The van der Waals surface area contributed by atoms with Gasteiger partial charge in [-0.3, -0.25) is 0 Å².